The monoisotopic (exact) mass is 784 g/mol. The molecule has 0 fully saturated rings. The normalized spacial score (nSPS) is 11.5. The molecule has 10 rings (SSSR count). The van der Waals surface area contributed by atoms with Crippen molar-refractivity contribution in [3.8, 4) is 67.8 Å². The minimum Gasteiger partial charge on any atom is -0.319 e. The van der Waals surface area contributed by atoms with Gasteiger partial charge in [-0.1, -0.05) is 164 Å². The molecule has 0 atom stereocenters. The minimum atomic E-state index is -2.48. The number of fused-ring (bicyclic) bond motifs is 4. The smallest absolute Gasteiger partial charge is 0.109 e. The molecule has 0 radical (unpaired) electrons. The minimum absolute atomic E-state index is 0.670. The second kappa shape index (κ2) is 14.7. The quantitative estimate of drug-likeness (QED) is 0.125. The first-order valence-electron chi connectivity index (χ1n) is 20.0. The molecule has 0 N–H and O–H groups in total. The van der Waals surface area contributed by atoms with E-state index in [1.807, 2.05) is 74.0 Å². The fourth-order valence-electron chi connectivity index (χ4n) is 8.93. The Morgan fingerprint density at radius 1 is 0.350 bits per heavy atom. The molecule has 0 aliphatic carbocycles. The van der Waals surface area contributed by atoms with E-state index in [1.54, 1.807) is 0 Å². The van der Waals surface area contributed by atoms with E-state index in [-0.39, 0.29) is 0 Å². The van der Waals surface area contributed by atoms with E-state index in [4.69, 9.17) is 0 Å². The summed E-state index contributed by atoms with van der Waals surface area (Å²) in [6.45, 7) is 3.64. The van der Waals surface area contributed by atoms with Gasteiger partial charge in [0, 0.05) is 16.1 Å². The Balaban J connectivity index is 1.18. The summed E-state index contributed by atoms with van der Waals surface area (Å²) in [5.74, 6) is 0. The first kappa shape index (κ1) is 36.8. The topological polar surface area (TPSA) is 64.7 Å². The molecule has 10 aromatic rings. The van der Waals surface area contributed by atoms with E-state index in [2.05, 4.69) is 140 Å². The van der Waals surface area contributed by atoms with Gasteiger partial charge in [0.25, 0.3) is 0 Å². The summed E-state index contributed by atoms with van der Waals surface area (Å²) in [5, 5.41) is 29.0. The Labute approximate surface area is 349 Å². The van der Waals surface area contributed by atoms with Crippen LogP contribution in [0.4, 0.5) is 0 Å². The summed E-state index contributed by atoms with van der Waals surface area (Å²) in [6, 6.07) is 70.1. The number of hydrogen-bond donors (Lipinski definition) is 0. The van der Waals surface area contributed by atoms with Crippen molar-refractivity contribution in [3.05, 3.63) is 199 Å². The largest absolute Gasteiger partial charge is 0.319 e. The fourth-order valence-corrected chi connectivity index (χ4v) is 9.82. The van der Waals surface area contributed by atoms with Crippen molar-refractivity contribution in [1.29, 1.82) is 10.5 Å². The van der Waals surface area contributed by atoms with Crippen LogP contribution < -0.4 is 5.30 Å². The number of rotatable bonds is 6. The van der Waals surface area contributed by atoms with Gasteiger partial charge in [0.15, 0.2) is 0 Å². The maximum atomic E-state index is 13.2. The van der Waals surface area contributed by atoms with E-state index in [1.165, 1.54) is 0 Å². The number of nitriles is 2. The number of benzene rings is 10. The highest BCUT2D eigenvalue weighted by Crippen LogP contribution is 2.46. The van der Waals surface area contributed by atoms with E-state index in [9.17, 15) is 15.1 Å². The van der Waals surface area contributed by atoms with Crippen LogP contribution in [-0.4, -0.2) is 13.3 Å². The Kier molecular flexibility index (Phi) is 9.00. The fraction of sp³-hybridized carbons (Fsp3) is 0.0357. The predicted octanol–water partition coefficient (Wildman–Crippen LogP) is 14.6. The number of nitrogens with zero attached hydrogens (tertiary/aromatic N) is 2. The van der Waals surface area contributed by atoms with Gasteiger partial charge in [-0.2, -0.15) is 10.5 Å². The van der Waals surface area contributed by atoms with Crippen LogP contribution in [0.3, 0.4) is 0 Å². The van der Waals surface area contributed by atoms with E-state index in [0.29, 0.717) is 11.1 Å². The van der Waals surface area contributed by atoms with Crippen LogP contribution in [0.25, 0.3) is 98.7 Å². The summed E-state index contributed by atoms with van der Waals surface area (Å²) in [4.78, 5) is 0. The van der Waals surface area contributed by atoms with Crippen molar-refractivity contribution in [2.24, 2.45) is 0 Å². The van der Waals surface area contributed by atoms with Crippen LogP contribution in [-0.2, 0) is 4.57 Å². The molecule has 0 aliphatic rings. The van der Waals surface area contributed by atoms with Crippen LogP contribution in [0.15, 0.2) is 188 Å². The molecular formula is C56H37N2OP. The van der Waals surface area contributed by atoms with Gasteiger partial charge in [0.2, 0.25) is 0 Å². The highest BCUT2D eigenvalue weighted by Gasteiger charge is 2.19. The van der Waals surface area contributed by atoms with Crippen LogP contribution in [0.5, 0.6) is 0 Å². The van der Waals surface area contributed by atoms with E-state index in [0.717, 1.165) is 104 Å². The van der Waals surface area contributed by atoms with Gasteiger partial charge in [-0.25, -0.2) is 0 Å². The van der Waals surface area contributed by atoms with Gasteiger partial charge >= 0.3 is 0 Å². The van der Waals surface area contributed by atoms with Crippen LogP contribution >= 0.6 is 7.14 Å². The molecule has 0 saturated heterocycles. The SMILES string of the molecule is CP(C)(=O)c1cccc(-c2ccc3c(-c4ccc(-c5ccc(C#N)c6ccccc56)cc4)c4ccccc4c(-c4ccc(-c5ccc(C#N)c6ccccc56)cc4)c3c2)c1. The van der Waals surface area contributed by atoms with Gasteiger partial charge in [0.1, 0.15) is 7.14 Å². The second-order valence-corrected chi connectivity index (χ2v) is 19.0. The Morgan fingerprint density at radius 2 is 0.750 bits per heavy atom. The Morgan fingerprint density at radius 3 is 1.23 bits per heavy atom. The Hall–Kier alpha value is -7.55. The zero-order chi connectivity index (χ0) is 41.0. The van der Waals surface area contributed by atoms with Gasteiger partial charge in [-0.3, -0.25) is 0 Å². The third-order valence-corrected chi connectivity index (χ3v) is 13.4. The van der Waals surface area contributed by atoms with Crippen LogP contribution in [0, 0.1) is 22.7 Å². The Bertz CT molecular complexity index is 3490. The average Bonchev–Trinajstić information content (AvgIpc) is 3.30. The van der Waals surface area contributed by atoms with Crippen molar-refractivity contribution < 1.29 is 4.57 Å². The third-order valence-electron chi connectivity index (χ3n) is 11.9. The maximum absolute atomic E-state index is 13.2. The molecule has 10 aromatic carbocycles. The molecule has 3 nitrogen and oxygen atoms in total. The second-order valence-electron chi connectivity index (χ2n) is 15.7. The molecule has 0 bridgehead atoms. The summed E-state index contributed by atoms with van der Waals surface area (Å²) in [7, 11) is -2.48. The predicted molar refractivity (Wildman–Crippen MR) is 252 cm³/mol. The molecule has 0 heterocycles. The van der Waals surface area contributed by atoms with Crippen molar-refractivity contribution in [3.63, 3.8) is 0 Å². The lowest BCUT2D eigenvalue weighted by atomic mass is 9.84. The zero-order valence-electron chi connectivity index (χ0n) is 33.1. The van der Waals surface area contributed by atoms with Gasteiger partial charge in [-0.05, 0) is 126 Å². The lowest BCUT2D eigenvalue weighted by molar-refractivity contribution is 0.588. The highest BCUT2D eigenvalue weighted by molar-refractivity contribution is 7.70. The van der Waals surface area contributed by atoms with Crippen molar-refractivity contribution in [2.75, 3.05) is 13.3 Å². The van der Waals surface area contributed by atoms with Gasteiger partial charge in [-0.15, -0.1) is 0 Å². The molecule has 0 aliphatic heterocycles. The molecule has 0 spiro atoms. The lowest BCUT2D eigenvalue weighted by Crippen LogP contribution is -2.02. The van der Waals surface area contributed by atoms with Crippen LogP contribution in [0.1, 0.15) is 11.1 Å². The van der Waals surface area contributed by atoms with Crippen molar-refractivity contribution in [1.82, 2.24) is 0 Å². The molecule has 0 unspecified atom stereocenters. The summed E-state index contributed by atoms with van der Waals surface area (Å²) < 4.78 is 13.2. The van der Waals surface area contributed by atoms with Crippen LogP contribution in [0.2, 0.25) is 0 Å². The maximum Gasteiger partial charge on any atom is 0.109 e. The average molecular weight is 785 g/mol. The van der Waals surface area contributed by atoms with Gasteiger partial charge < -0.3 is 4.57 Å². The molecule has 0 aromatic heterocycles. The molecule has 0 amide bonds. The molecule has 282 valence electrons. The van der Waals surface area contributed by atoms with Gasteiger partial charge in [0.05, 0.1) is 23.3 Å². The van der Waals surface area contributed by atoms with Crippen molar-refractivity contribution >= 4 is 55.5 Å². The standard InChI is InChI=1S/C56H37N2OP/c1-60(2,59)44-11-9-10-40(32-44)41-26-31-53-54(33-41)56(39-24-20-37(21-25-39)48-30-28-43(35-58)46-13-4-6-15-50(46)48)52-17-8-7-16-51(52)55(53)38-22-18-36(19-23-38)47-29-27-42(34-57)45-12-3-5-14-49(45)47/h3-33H,1-2H3. The summed E-state index contributed by atoms with van der Waals surface area (Å²) in [5.41, 5.74) is 12.3. The van der Waals surface area contributed by atoms with E-state index < -0.39 is 7.14 Å². The zero-order valence-corrected chi connectivity index (χ0v) is 34.0. The van der Waals surface area contributed by atoms with E-state index >= 15 is 0 Å². The molecule has 4 heteroatoms. The summed E-state index contributed by atoms with van der Waals surface area (Å²) in [6.07, 6.45) is 0. The summed E-state index contributed by atoms with van der Waals surface area (Å²) >= 11 is 0. The highest BCUT2D eigenvalue weighted by atomic mass is 31.2. The first-order chi connectivity index (χ1) is 29.3. The number of hydrogen-bond acceptors (Lipinski definition) is 3. The lowest BCUT2D eigenvalue weighted by Gasteiger charge is -2.19. The first-order valence-corrected chi connectivity index (χ1v) is 22.6. The molecular weight excluding hydrogens is 748 g/mol. The molecule has 0 saturated carbocycles. The third kappa shape index (κ3) is 6.25. The van der Waals surface area contributed by atoms with Crippen molar-refractivity contribution in [2.45, 2.75) is 0 Å². The molecule has 60 heavy (non-hydrogen) atoms.